The molecular weight excluding hydrogens is 140 g/mol. The van der Waals surface area contributed by atoms with Gasteiger partial charge < -0.3 is 4.74 Å². The van der Waals surface area contributed by atoms with Crippen LogP contribution in [0, 0.1) is 0 Å². The molecule has 68 valence electrons. The topological polar surface area (TPSA) is 47.3 Å². The minimum absolute atomic E-state index is 0.424. The first-order valence-electron chi connectivity index (χ1n) is 4.31. The van der Waals surface area contributed by atoms with E-state index in [0.717, 1.165) is 25.8 Å². The van der Waals surface area contributed by atoms with E-state index in [1.807, 2.05) is 0 Å². The fourth-order valence-electron chi connectivity index (χ4n) is 1.13. The van der Waals surface area contributed by atoms with Crippen LogP contribution >= 0.6 is 0 Å². The van der Waals surface area contributed by atoms with Crippen LogP contribution in [0.2, 0.25) is 0 Å². The van der Waals surface area contributed by atoms with Gasteiger partial charge in [0, 0.05) is 13.7 Å². The highest BCUT2D eigenvalue weighted by atomic mass is 16.5. The van der Waals surface area contributed by atoms with Gasteiger partial charge in [-0.2, -0.15) is 0 Å². The minimum atomic E-state index is 0.424. The van der Waals surface area contributed by atoms with Gasteiger partial charge in [0.05, 0.1) is 6.10 Å². The highest BCUT2D eigenvalue weighted by Crippen LogP contribution is 2.07. The first-order chi connectivity index (χ1) is 5.35. The summed E-state index contributed by atoms with van der Waals surface area (Å²) in [6.45, 7) is 3.05. The number of nitrogens with one attached hydrogen (secondary N) is 1. The van der Waals surface area contributed by atoms with Gasteiger partial charge in [0.1, 0.15) is 0 Å². The minimum Gasteiger partial charge on any atom is -0.381 e. The summed E-state index contributed by atoms with van der Waals surface area (Å²) >= 11 is 0. The summed E-state index contributed by atoms with van der Waals surface area (Å²) in [6.07, 6.45) is 4.97. The summed E-state index contributed by atoms with van der Waals surface area (Å²) in [5, 5.41) is 0. The van der Waals surface area contributed by atoms with Crippen LogP contribution in [0.1, 0.15) is 32.6 Å². The van der Waals surface area contributed by atoms with E-state index in [9.17, 15) is 0 Å². The molecule has 0 aromatic carbocycles. The second kappa shape index (κ2) is 7.98. The van der Waals surface area contributed by atoms with Gasteiger partial charge in [-0.3, -0.25) is 11.3 Å². The van der Waals surface area contributed by atoms with Crippen molar-refractivity contribution in [2.45, 2.75) is 38.7 Å². The van der Waals surface area contributed by atoms with Crippen molar-refractivity contribution in [3.63, 3.8) is 0 Å². The second-order valence-electron chi connectivity index (χ2n) is 2.74. The van der Waals surface area contributed by atoms with Crippen molar-refractivity contribution in [2.75, 3.05) is 13.7 Å². The van der Waals surface area contributed by atoms with E-state index in [1.165, 1.54) is 6.42 Å². The molecule has 0 saturated heterocycles. The van der Waals surface area contributed by atoms with Gasteiger partial charge in [0.15, 0.2) is 0 Å². The molecule has 0 aromatic rings. The number of methoxy groups -OCH3 is 1. The van der Waals surface area contributed by atoms with E-state index < -0.39 is 0 Å². The fraction of sp³-hybridized carbons (Fsp3) is 1.00. The molecule has 0 heterocycles. The molecule has 3 N–H and O–H groups in total. The van der Waals surface area contributed by atoms with Crippen molar-refractivity contribution >= 4 is 0 Å². The van der Waals surface area contributed by atoms with E-state index in [-0.39, 0.29) is 0 Å². The maximum Gasteiger partial charge on any atom is 0.0571 e. The summed E-state index contributed by atoms with van der Waals surface area (Å²) in [6, 6.07) is 0. The van der Waals surface area contributed by atoms with Gasteiger partial charge in [0.25, 0.3) is 0 Å². The van der Waals surface area contributed by atoms with Crippen LogP contribution in [0.4, 0.5) is 0 Å². The van der Waals surface area contributed by atoms with E-state index >= 15 is 0 Å². The quantitative estimate of drug-likeness (QED) is 0.332. The number of hydrazine groups is 1. The third-order valence-corrected chi connectivity index (χ3v) is 1.79. The van der Waals surface area contributed by atoms with E-state index in [4.69, 9.17) is 10.6 Å². The predicted molar refractivity (Wildman–Crippen MR) is 47.1 cm³/mol. The van der Waals surface area contributed by atoms with Crippen molar-refractivity contribution in [3.05, 3.63) is 0 Å². The molecule has 0 radical (unpaired) electrons. The van der Waals surface area contributed by atoms with E-state index in [0.29, 0.717) is 6.10 Å². The Balaban J connectivity index is 3.20. The summed E-state index contributed by atoms with van der Waals surface area (Å²) < 4.78 is 5.27. The number of nitrogens with two attached hydrogens (primary N) is 1. The molecule has 0 aliphatic carbocycles. The molecule has 0 aliphatic rings. The Morgan fingerprint density at radius 3 is 2.64 bits per heavy atom. The lowest BCUT2D eigenvalue weighted by Gasteiger charge is -2.13. The number of rotatable bonds is 7. The third-order valence-electron chi connectivity index (χ3n) is 1.79. The smallest absolute Gasteiger partial charge is 0.0571 e. The van der Waals surface area contributed by atoms with Crippen LogP contribution < -0.4 is 11.3 Å². The van der Waals surface area contributed by atoms with Crippen LogP contribution in [0.15, 0.2) is 0 Å². The molecule has 0 bridgehead atoms. The Morgan fingerprint density at radius 2 is 2.18 bits per heavy atom. The van der Waals surface area contributed by atoms with E-state index in [2.05, 4.69) is 12.3 Å². The lowest BCUT2D eigenvalue weighted by Crippen LogP contribution is -2.24. The molecule has 1 atom stereocenters. The van der Waals surface area contributed by atoms with Crippen LogP contribution in [-0.2, 0) is 4.74 Å². The second-order valence-corrected chi connectivity index (χ2v) is 2.74. The molecule has 0 amide bonds. The largest absolute Gasteiger partial charge is 0.381 e. The van der Waals surface area contributed by atoms with Crippen molar-refractivity contribution in [2.24, 2.45) is 5.84 Å². The van der Waals surface area contributed by atoms with Gasteiger partial charge in [-0.1, -0.05) is 13.3 Å². The van der Waals surface area contributed by atoms with Crippen molar-refractivity contribution in [1.82, 2.24) is 5.43 Å². The SMILES string of the molecule is CCCC(CCCNN)OC. The van der Waals surface area contributed by atoms with Crippen LogP contribution in [0.25, 0.3) is 0 Å². The lowest BCUT2D eigenvalue weighted by molar-refractivity contribution is 0.0856. The number of hydrogen-bond acceptors (Lipinski definition) is 3. The molecule has 0 rings (SSSR count). The zero-order valence-electron chi connectivity index (χ0n) is 7.60. The van der Waals surface area contributed by atoms with E-state index in [1.54, 1.807) is 7.11 Å². The molecular formula is C8H20N2O. The standard InChI is InChI=1S/C8H20N2O/c1-3-5-8(11-2)6-4-7-10-9/h8,10H,3-7,9H2,1-2H3. The van der Waals surface area contributed by atoms with Crippen molar-refractivity contribution in [3.8, 4) is 0 Å². The monoisotopic (exact) mass is 160 g/mol. The molecule has 0 spiro atoms. The average Bonchev–Trinajstić information content (AvgIpc) is 2.03. The Kier molecular flexibility index (Phi) is 7.89. The first kappa shape index (κ1) is 10.9. The fourth-order valence-corrected chi connectivity index (χ4v) is 1.13. The Bertz CT molecular complexity index is 78.5. The summed E-state index contributed by atoms with van der Waals surface area (Å²) in [7, 11) is 1.77. The van der Waals surface area contributed by atoms with Gasteiger partial charge >= 0.3 is 0 Å². The normalized spacial score (nSPS) is 13.4. The summed E-state index contributed by atoms with van der Waals surface area (Å²) in [5.74, 6) is 5.14. The molecule has 0 saturated carbocycles. The van der Waals surface area contributed by atoms with Gasteiger partial charge in [-0.15, -0.1) is 0 Å². The molecule has 3 nitrogen and oxygen atoms in total. The molecule has 0 aliphatic heterocycles. The Hall–Kier alpha value is -0.120. The van der Waals surface area contributed by atoms with Gasteiger partial charge in [0.2, 0.25) is 0 Å². The molecule has 1 unspecified atom stereocenters. The van der Waals surface area contributed by atoms with Crippen molar-refractivity contribution < 1.29 is 4.74 Å². The van der Waals surface area contributed by atoms with Gasteiger partial charge in [-0.05, 0) is 19.3 Å². The Labute approximate surface area is 69.3 Å². The summed E-state index contributed by atoms with van der Waals surface area (Å²) in [4.78, 5) is 0. The molecule has 0 aromatic heterocycles. The zero-order valence-corrected chi connectivity index (χ0v) is 7.60. The predicted octanol–water partition coefficient (Wildman–Crippen LogP) is 1.05. The summed E-state index contributed by atoms with van der Waals surface area (Å²) in [5.41, 5.74) is 2.63. The van der Waals surface area contributed by atoms with Crippen LogP contribution in [-0.4, -0.2) is 19.8 Å². The average molecular weight is 160 g/mol. The molecule has 11 heavy (non-hydrogen) atoms. The highest BCUT2D eigenvalue weighted by molar-refractivity contribution is 4.57. The molecule has 3 heteroatoms. The maximum atomic E-state index is 5.27. The number of hydrogen-bond donors (Lipinski definition) is 2. The first-order valence-corrected chi connectivity index (χ1v) is 4.31. The van der Waals surface area contributed by atoms with Gasteiger partial charge in [-0.25, -0.2) is 0 Å². The Morgan fingerprint density at radius 1 is 1.45 bits per heavy atom. The van der Waals surface area contributed by atoms with Crippen LogP contribution in [0.5, 0.6) is 0 Å². The zero-order chi connectivity index (χ0) is 8.53. The van der Waals surface area contributed by atoms with Crippen LogP contribution in [0.3, 0.4) is 0 Å². The number of ether oxygens (including phenoxy) is 1. The van der Waals surface area contributed by atoms with Crippen molar-refractivity contribution in [1.29, 1.82) is 0 Å². The maximum absolute atomic E-state index is 5.27. The third kappa shape index (κ3) is 6.28. The lowest BCUT2D eigenvalue weighted by atomic mass is 10.1. The highest BCUT2D eigenvalue weighted by Gasteiger charge is 2.03. The molecule has 0 fully saturated rings.